The van der Waals surface area contributed by atoms with Crippen LogP contribution in [0.15, 0.2) is 66.7 Å². The highest BCUT2D eigenvalue weighted by atomic mass is 16.3. The van der Waals surface area contributed by atoms with E-state index >= 15 is 0 Å². The number of imidazole rings is 1. The van der Waals surface area contributed by atoms with Crippen molar-refractivity contribution >= 4 is 11.0 Å². The fourth-order valence-electron chi connectivity index (χ4n) is 3.14. The molecule has 0 fully saturated rings. The SMILES string of the molecule is CCc1ccccc1-n1c(-c2ccc(O)cc2)nc2ccc(O)cc21. The third-order valence-electron chi connectivity index (χ3n) is 4.38. The first kappa shape index (κ1) is 15.3. The molecule has 0 saturated carbocycles. The molecule has 0 aliphatic rings. The summed E-state index contributed by atoms with van der Waals surface area (Å²) in [5, 5.41) is 19.6. The number of hydrogen-bond acceptors (Lipinski definition) is 3. The van der Waals surface area contributed by atoms with E-state index in [1.165, 1.54) is 5.56 Å². The quantitative estimate of drug-likeness (QED) is 0.574. The topological polar surface area (TPSA) is 58.3 Å². The number of hydrogen-bond donors (Lipinski definition) is 2. The highest BCUT2D eigenvalue weighted by Crippen LogP contribution is 2.32. The lowest BCUT2D eigenvalue weighted by Gasteiger charge is -2.13. The van der Waals surface area contributed by atoms with Crippen LogP contribution in [0.3, 0.4) is 0 Å². The van der Waals surface area contributed by atoms with E-state index in [0.717, 1.165) is 34.5 Å². The van der Waals surface area contributed by atoms with Crippen molar-refractivity contribution in [2.24, 2.45) is 0 Å². The molecular formula is C21H18N2O2. The van der Waals surface area contributed by atoms with Crippen molar-refractivity contribution in [3.05, 3.63) is 72.3 Å². The van der Waals surface area contributed by atoms with Gasteiger partial charge in [-0.2, -0.15) is 0 Å². The van der Waals surface area contributed by atoms with E-state index in [2.05, 4.69) is 23.6 Å². The third kappa shape index (κ3) is 2.62. The van der Waals surface area contributed by atoms with Crippen LogP contribution in [0.25, 0.3) is 28.1 Å². The van der Waals surface area contributed by atoms with Gasteiger partial charge in [0.15, 0.2) is 0 Å². The number of rotatable bonds is 3. The van der Waals surface area contributed by atoms with E-state index in [1.54, 1.807) is 24.3 Å². The third-order valence-corrected chi connectivity index (χ3v) is 4.38. The monoisotopic (exact) mass is 330 g/mol. The minimum atomic E-state index is 0.208. The fourth-order valence-corrected chi connectivity index (χ4v) is 3.14. The van der Waals surface area contributed by atoms with Crippen molar-refractivity contribution in [3.8, 4) is 28.6 Å². The van der Waals surface area contributed by atoms with Gasteiger partial charge in [-0.1, -0.05) is 25.1 Å². The highest BCUT2D eigenvalue weighted by molar-refractivity contribution is 5.84. The van der Waals surface area contributed by atoms with Crippen molar-refractivity contribution < 1.29 is 10.2 Å². The fraction of sp³-hybridized carbons (Fsp3) is 0.0952. The summed E-state index contributed by atoms with van der Waals surface area (Å²) in [5.41, 5.74) is 4.81. The zero-order valence-electron chi connectivity index (χ0n) is 13.8. The smallest absolute Gasteiger partial charge is 0.145 e. The average molecular weight is 330 g/mol. The number of nitrogens with zero attached hydrogens (tertiary/aromatic N) is 2. The lowest BCUT2D eigenvalue weighted by atomic mass is 10.1. The van der Waals surface area contributed by atoms with Gasteiger partial charge in [0.05, 0.1) is 16.7 Å². The number of para-hydroxylation sites is 1. The first-order chi connectivity index (χ1) is 12.2. The zero-order chi connectivity index (χ0) is 17.4. The predicted octanol–water partition coefficient (Wildman–Crippen LogP) is 4.67. The predicted molar refractivity (Wildman–Crippen MR) is 99.2 cm³/mol. The Labute approximate surface area is 145 Å². The van der Waals surface area contributed by atoms with Crippen LogP contribution in [0.5, 0.6) is 11.5 Å². The first-order valence-corrected chi connectivity index (χ1v) is 8.26. The highest BCUT2D eigenvalue weighted by Gasteiger charge is 2.16. The molecule has 0 aliphatic carbocycles. The number of phenols is 2. The molecule has 3 aromatic carbocycles. The van der Waals surface area contributed by atoms with Gasteiger partial charge in [-0.25, -0.2) is 4.98 Å². The van der Waals surface area contributed by atoms with Crippen LogP contribution >= 0.6 is 0 Å². The summed E-state index contributed by atoms with van der Waals surface area (Å²) in [5.74, 6) is 1.21. The van der Waals surface area contributed by atoms with Gasteiger partial charge in [-0.3, -0.25) is 4.57 Å². The molecule has 0 spiro atoms. The molecule has 0 bridgehead atoms. The molecule has 124 valence electrons. The molecule has 4 rings (SSSR count). The van der Waals surface area contributed by atoms with Crippen LogP contribution in [0.1, 0.15) is 12.5 Å². The summed E-state index contributed by atoms with van der Waals surface area (Å²) in [6, 6.07) is 20.4. The largest absolute Gasteiger partial charge is 0.508 e. The van der Waals surface area contributed by atoms with Crippen LogP contribution in [0.4, 0.5) is 0 Å². The maximum atomic E-state index is 9.97. The molecule has 0 unspecified atom stereocenters. The number of aromatic hydroxyl groups is 2. The number of aromatic nitrogens is 2. The Bertz CT molecular complexity index is 1050. The second-order valence-electron chi connectivity index (χ2n) is 5.97. The van der Waals surface area contributed by atoms with Gasteiger partial charge >= 0.3 is 0 Å². The molecule has 2 N–H and O–H groups in total. The van der Waals surface area contributed by atoms with Crippen molar-refractivity contribution in [1.29, 1.82) is 0 Å². The normalized spacial score (nSPS) is 11.1. The zero-order valence-corrected chi connectivity index (χ0v) is 13.8. The summed E-state index contributed by atoms with van der Waals surface area (Å²) in [7, 11) is 0. The van der Waals surface area contributed by atoms with Crippen molar-refractivity contribution in [2.75, 3.05) is 0 Å². The average Bonchev–Trinajstić information content (AvgIpc) is 3.00. The Morgan fingerprint density at radius 1 is 0.880 bits per heavy atom. The van der Waals surface area contributed by atoms with Gasteiger partial charge in [0.25, 0.3) is 0 Å². The van der Waals surface area contributed by atoms with Crippen LogP contribution in [-0.2, 0) is 6.42 Å². The van der Waals surface area contributed by atoms with Crippen molar-refractivity contribution in [2.45, 2.75) is 13.3 Å². The van der Waals surface area contributed by atoms with E-state index in [0.29, 0.717) is 0 Å². The molecule has 0 atom stereocenters. The van der Waals surface area contributed by atoms with E-state index in [-0.39, 0.29) is 11.5 Å². The lowest BCUT2D eigenvalue weighted by molar-refractivity contribution is 0.475. The maximum absolute atomic E-state index is 9.97. The molecule has 4 nitrogen and oxygen atoms in total. The number of fused-ring (bicyclic) bond motifs is 1. The summed E-state index contributed by atoms with van der Waals surface area (Å²) in [6.45, 7) is 2.12. The molecular weight excluding hydrogens is 312 g/mol. The number of benzene rings is 3. The van der Waals surface area contributed by atoms with Crippen LogP contribution in [-0.4, -0.2) is 19.8 Å². The second kappa shape index (κ2) is 5.98. The van der Waals surface area contributed by atoms with E-state index in [9.17, 15) is 10.2 Å². The van der Waals surface area contributed by atoms with E-state index in [4.69, 9.17) is 4.98 Å². The molecule has 0 amide bonds. The Morgan fingerprint density at radius 3 is 2.36 bits per heavy atom. The molecule has 1 aromatic heterocycles. The standard InChI is InChI=1S/C21H18N2O2/c1-2-14-5-3-4-6-19(14)23-20-13-17(25)11-12-18(20)22-21(23)15-7-9-16(24)10-8-15/h3-13,24-25H,2H2,1H3. The Hall–Kier alpha value is -3.27. The Balaban J connectivity index is 2.07. The van der Waals surface area contributed by atoms with Crippen LogP contribution in [0, 0.1) is 0 Å². The van der Waals surface area contributed by atoms with Gasteiger partial charge < -0.3 is 10.2 Å². The van der Waals surface area contributed by atoms with Crippen molar-refractivity contribution in [1.82, 2.24) is 9.55 Å². The molecule has 1 heterocycles. The summed E-state index contributed by atoms with van der Waals surface area (Å²) >= 11 is 0. The Morgan fingerprint density at radius 2 is 1.60 bits per heavy atom. The van der Waals surface area contributed by atoms with Gasteiger partial charge in [0.2, 0.25) is 0 Å². The summed E-state index contributed by atoms with van der Waals surface area (Å²) < 4.78 is 2.07. The summed E-state index contributed by atoms with van der Waals surface area (Å²) in [4.78, 5) is 4.78. The number of phenolic OH excluding ortho intramolecular Hbond substituents is 2. The lowest BCUT2D eigenvalue weighted by Crippen LogP contribution is -2.01. The molecule has 0 radical (unpaired) electrons. The van der Waals surface area contributed by atoms with Gasteiger partial charge in [-0.15, -0.1) is 0 Å². The minimum Gasteiger partial charge on any atom is -0.508 e. The molecule has 4 heteroatoms. The molecule has 4 aromatic rings. The maximum Gasteiger partial charge on any atom is 0.145 e. The van der Waals surface area contributed by atoms with E-state index in [1.807, 2.05) is 30.3 Å². The Kier molecular flexibility index (Phi) is 3.65. The second-order valence-corrected chi connectivity index (χ2v) is 5.97. The van der Waals surface area contributed by atoms with E-state index < -0.39 is 0 Å². The molecule has 0 aliphatic heterocycles. The number of aryl methyl sites for hydroxylation is 1. The van der Waals surface area contributed by atoms with Crippen LogP contribution in [0.2, 0.25) is 0 Å². The van der Waals surface area contributed by atoms with Crippen LogP contribution < -0.4 is 0 Å². The van der Waals surface area contributed by atoms with Gasteiger partial charge in [0, 0.05) is 11.6 Å². The van der Waals surface area contributed by atoms with Gasteiger partial charge in [-0.05, 0) is 54.4 Å². The molecule has 0 saturated heterocycles. The molecule has 25 heavy (non-hydrogen) atoms. The first-order valence-electron chi connectivity index (χ1n) is 8.26. The minimum absolute atomic E-state index is 0.208. The summed E-state index contributed by atoms with van der Waals surface area (Å²) in [6.07, 6.45) is 0.893. The van der Waals surface area contributed by atoms with Gasteiger partial charge in [0.1, 0.15) is 17.3 Å². The van der Waals surface area contributed by atoms with Crippen molar-refractivity contribution in [3.63, 3.8) is 0 Å².